The summed E-state index contributed by atoms with van der Waals surface area (Å²) in [6, 6.07) is 13.5. The van der Waals surface area contributed by atoms with Gasteiger partial charge in [0.15, 0.2) is 18.1 Å². The number of para-hydroxylation sites is 1. The Bertz CT molecular complexity index is 1030. The van der Waals surface area contributed by atoms with E-state index in [1.165, 1.54) is 10.9 Å². The number of carbonyl (C=O) groups excluding carboxylic acids is 2. The number of aromatic nitrogens is 1. The van der Waals surface area contributed by atoms with Crippen LogP contribution in [0, 0.1) is 0 Å². The summed E-state index contributed by atoms with van der Waals surface area (Å²) in [7, 11) is 0. The van der Waals surface area contributed by atoms with Crippen molar-refractivity contribution in [2.75, 3.05) is 13.4 Å². The zero-order chi connectivity index (χ0) is 20.1. The number of amides is 1. The van der Waals surface area contributed by atoms with Gasteiger partial charge in [-0.25, -0.2) is 0 Å². The number of carbonyl (C=O) groups is 2. The van der Waals surface area contributed by atoms with Gasteiger partial charge in [0.2, 0.25) is 6.79 Å². The Kier molecular flexibility index (Phi) is 5.65. The van der Waals surface area contributed by atoms with Crippen LogP contribution in [-0.4, -0.2) is 30.3 Å². The molecule has 2 heterocycles. The quantitative estimate of drug-likeness (QED) is 0.573. The predicted octanol–water partition coefficient (Wildman–Crippen LogP) is 3.08. The molecule has 0 saturated heterocycles. The third-order valence-electron chi connectivity index (χ3n) is 4.79. The topological polar surface area (TPSA) is 89.7 Å². The molecule has 0 radical (unpaired) electrons. The van der Waals surface area contributed by atoms with Crippen LogP contribution in [0.4, 0.5) is 0 Å². The summed E-state index contributed by atoms with van der Waals surface area (Å²) in [5.74, 6) is 0.649. The van der Waals surface area contributed by atoms with E-state index in [2.05, 4.69) is 16.4 Å². The summed E-state index contributed by atoms with van der Waals surface area (Å²) in [5, 5.41) is 3.90. The van der Waals surface area contributed by atoms with Crippen LogP contribution in [0.25, 0.3) is 10.9 Å². The molecule has 0 saturated carbocycles. The van der Waals surface area contributed by atoms with E-state index in [4.69, 9.17) is 14.2 Å². The van der Waals surface area contributed by atoms with Gasteiger partial charge in [0.05, 0.1) is 0 Å². The average Bonchev–Trinajstić information content (AvgIpc) is 3.37. The lowest BCUT2D eigenvalue weighted by Gasteiger charge is -2.07. The lowest BCUT2D eigenvalue weighted by Crippen LogP contribution is -2.28. The zero-order valence-corrected chi connectivity index (χ0v) is 15.9. The lowest BCUT2D eigenvalue weighted by atomic mass is 10.1. The predicted molar refractivity (Wildman–Crippen MR) is 107 cm³/mol. The standard InChI is InChI=1S/C22H22N2O5/c25-21(24-11-15-8-9-19-20(10-15)29-14-28-19)13-27-22(26)7-3-4-16-12-23-18-6-2-1-5-17(16)18/h1-2,5-6,8-10,12,23H,3-4,7,11,13-14H2,(H,24,25). The fourth-order valence-corrected chi connectivity index (χ4v) is 3.28. The fraction of sp³-hybridized carbons (Fsp3) is 0.273. The van der Waals surface area contributed by atoms with Crippen molar-refractivity contribution in [1.29, 1.82) is 0 Å². The number of rotatable bonds is 8. The van der Waals surface area contributed by atoms with Crippen LogP contribution < -0.4 is 14.8 Å². The molecular weight excluding hydrogens is 372 g/mol. The molecular formula is C22H22N2O5. The minimum absolute atomic E-state index is 0.210. The second-order valence-electron chi connectivity index (χ2n) is 6.84. The molecule has 29 heavy (non-hydrogen) atoms. The van der Waals surface area contributed by atoms with E-state index in [1.807, 2.05) is 36.5 Å². The van der Waals surface area contributed by atoms with Gasteiger partial charge < -0.3 is 24.5 Å². The Labute approximate surface area is 168 Å². The largest absolute Gasteiger partial charge is 0.456 e. The van der Waals surface area contributed by atoms with Crippen molar-refractivity contribution < 1.29 is 23.8 Å². The number of esters is 1. The van der Waals surface area contributed by atoms with Gasteiger partial charge in [-0.3, -0.25) is 9.59 Å². The molecule has 1 aliphatic heterocycles. The first-order valence-corrected chi connectivity index (χ1v) is 9.55. The lowest BCUT2D eigenvalue weighted by molar-refractivity contribution is -0.148. The molecule has 0 atom stereocenters. The number of fused-ring (bicyclic) bond motifs is 2. The van der Waals surface area contributed by atoms with Crippen LogP contribution in [0.15, 0.2) is 48.7 Å². The van der Waals surface area contributed by atoms with Crippen molar-refractivity contribution in [2.24, 2.45) is 0 Å². The highest BCUT2D eigenvalue weighted by molar-refractivity contribution is 5.83. The Morgan fingerprint density at radius 1 is 1.10 bits per heavy atom. The van der Waals surface area contributed by atoms with Crippen LogP contribution in [0.2, 0.25) is 0 Å². The number of ether oxygens (including phenoxy) is 3. The molecule has 0 bridgehead atoms. The van der Waals surface area contributed by atoms with Crippen LogP contribution >= 0.6 is 0 Å². The van der Waals surface area contributed by atoms with Gasteiger partial charge in [-0.1, -0.05) is 24.3 Å². The molecule has 2 aromatic carbocycles. The van der Waals surface area contributed by atoms with Crippen molar-refractivity contribution in [3.8, 4) is 11.5 Å². The summed E-state index contributed by atoms with van der Waals surface area (Å²) in [4.78, 5) is 27.0. The summed E-state index contributed by atoms with van der Waals surface area (Å²) in [6.07, 6.45) is 3.68. The van der Waals surface area contributed by atoms with Gasteiger partial charge in [0.25, 0.3) is 5.91 Å². The molecule has 7 heteroatoms. The first-order valence-electron chi connectivity index (χ1n) is 9.55. The fourth-order valence-electron chi connectivity index (χ4n) is 3.28. The van der Waals surface area contributed by atoms with Crippen molar-refractivity contribution in [2.45, 2.75) is 25.8 Å². The first kappa shape index (κ1) is 18.9. The number of nitrogens with one attached hydrogen (secondary N) is 2. The van der Waals surface area contributed by atoms with E-state index in [1.54, 1.807) is 6.07 Å². The van der Waals surface area contributed by atoms with Gasteiger partial charge in [-0.2, -0.15) is 0 Å². The summed E-state index contributed by atoms with van der Waals surface area (Å²) in [6.45, 7) is 0.255. The summed E-state index contributed by atoms with van der Waals surface area (Å²) in [5.41, 5.74) is 3.15. The van der Waals surface area contributed by atoms with Gasteiger partial charge in [0.1, 0.15) is 0 Å². The molecule has 7 nitrogen and oxygen atoms in total. The Morgan fingerprint density at radius 3 is 2.90 bits per heavy atom. The van der Waals surface area contributed by atoms with Crippen LogP contribution in [0.1, 0.15) is 24.0 Å². The number of aryl methyl sites for hydroxylation is 1. The van der Waals surface area contributed by atoms with E-state index in [9.17, 15) is 9.59 Å². The Morgan fingerprint density at radius 2 is 1.97 bits per heavy atom. The number of aromatic amines is 1. The van der Waals surface area contributed by atoms with E-state index >= 15 is 0 Å². The van der Waals surface area contributed by atoms with E-state index in [0.29, 0.717) is 24.5 Å². The van der Waals surface area contributed by atoms with E-state index < -0.39 is 0 Å². The molecule has 1 aliphatic rings. The average molecular weight is 394 g/mol. The highest BCUT2D eigenvalue weighted by Crippen LogP contribution is 2.32. The maximum absolute atomic E-state index is 11.9. The van der Waals surface area contributed by atoms with E-state index in [-0.39, 0.29) is 31.7 Å². The smallest absolute Gasteiger partial charge is 0.306 e. The van der Waals surface area contributed by atoms with Crippen LogP contribution in [-0.2, 0) is 27.3 Å². The number of H-pyrrole nitrogens is 1. The van der Waals surface area contributed by atoms with Gasteiger partial charge in [0, 0.05) is 30.1 Å². The third kappa shape index (κ3) is 4.68. The Balaban J connectivity index is 1.15. The van der Waals surface area contributed by atoms with Crippen LogP contribution in [0.3, 0.4) is 0 Å². The molecule has 0 aliphatic carbocycles. The molecule has 0 unspecified atom stereocenters. The van der Waals surface area contributed by atoms with Gasteiger partial charge in [-0.05, 0) is 42.2 Å². The van der Waals surface area contributed by atoms with Crippen molar-refractivity contribution in [1.82, 2.24) is 10.3 Å². The van der Waals surface area contributed by atoms with Crippen molar-refractivity contribution in [3.63, 3.8) is 0 Å². The van der Waals surface area contributed by atoms with Crippen molar-refractivity contribution in [3.05, 3.63) is 59.8 Å². The van der Waals surface area contributed by atoms with Crippen molar-refractivity contribution >= 4 is 22.8 Å². The third-order valence-corrected chi connectivity index (χ3v) is 4.79. The monoisotopic (exact) mass is 394 g/mol. The zero-order valence-electron chi connectivity index (χ0n) is 15.9. The SMILES string of the molecule is O=C(COC(=O)CCCc1c[nH]c2ccccc12)NCc1ccc2c(c1)OCO2. The second kappa shape index (κ2) is 8.68. The molecule has 150 valence electrons. The molecule has 1 amide bonds. The summed E-state index contributed by atoms with van der Waals surface area (Å²) >= 11 is 0. The first-order chi connectivity index (χ1) is 14.2. The number of hydrogen-bond acceptors (Lipinski definition) is 5. The van der Waals surface area contributed by atoms with Gasteiger partial charge >= 0.3 is 5.97 Å². The van der Waals surface area contributed by atoms with E-state index in [0.717, 1.165) is 17.5 Å². The number of hydrogen-bond donors (Lipinski definition) is 2. The maximum atomic E-state index is 11.9. The molecule has 0 spiro atoms. The minimum Gasteiger partial charge on any atom is -0.456 e. The minimum atomic E-state index is -0.372. The second-order valence-corrected chi connectivity index (χ2v) is 6.84. The highest BCUT2D eigenvalue weighted by Gasteiger charge is 2.14. The van der Waals surface area contributed by atoms with Crippen LogP contribution in [0.5, 0.6) is 11.5 Å². The normalized spacial score (nSPS) is 12.1. The Hall–Kier alpha value is -3.48. The maximum Gasteiger partial charge on any atom is 0.306 e. The number of benzene rings is 2. The highest BCUT2D eigenvalue weighted by atomic mass is 16.7. The molecule has 2 N–H and O–H groups in total. The summed E-state index contributed by atoms with van der Waals surface area (Å²) < 4.78 is 15.6. The van der Waals surface area contributed by atoms with Gasteiger partial charge in [-0.15, -0.1) is 0 Å². The molecule has 1 aromatic heterocycles. The molecule has 4 rings (SSSR count). The molecule has 0 fully saturated rings. The molecule has 3 aromatic rings.